The van der Waals surface area contributed by atoms with Crippen LogP contribution in [0.1, 0.15) is 32.1 Å². The Labute approximate surface area is 120 Å². The van der Waals surface area contributed by atoms with Gasteiger partial charge in [-0.3, -0.25) is 4.98 Å². The normalized spacial score (nSPS) is 18.1. The Morgan fingerprint density at radius 3 is 2.80 bits per heavy atom. The highest BCUT2D eigenvalue weighted by atomic mass is 16.5. The van der Waals surface area contributed by atoms with Crippen molar-refractivity contribution in [1.82, 2.24) is 4.98 Å². The zero-order chi connectivity index (χ0) is 13.8. The number of aromatic nitrogens is 1. The molecule has 3 rings (SSSR count). The van der Waals surface area contributed by atoms with Crippen LogP contribution >= 0.6 is 0 Å². The Kier molecular flexibility index (Phi) is 4.16. The van der Waals surface area contributed by atoms with Gasteiger partial charge in [-0.25, -0.2) is 0 Å². The molecule has 106 valence electrons. The van der Waals surface area contributed by atoms with Gasteiger partial charge in [0.1, 0.15) is 17.9 Å². The summed E-state index contributed by atoms with van der Waals surface area (Å²) in [5.41, 5.74) is 7.22. The quantitative estimate of drug-likeness (QED) is 0.924. The smallest absolute Gasteiger partial charge is 0.145 e. The number of hydrogen-bond donors (Lipinski definition) is 1. The second-order valence-electron chi connectivity index (χ2n) is 5.70. The van der Waals surface area contributed by atoms with Crippen molar-refractivity contribution in [3.8, 4) is 5.75 Å². The number of benzene rings is 1. The standard InChI is InChI=1S/C17H22N2O/c18-15(13-6-2-1-3-7-13)12-20-16-10-4-8-14-9-5-11-19-17(14)16/h4-5,8-11,13,15H,1-3,6-7,12,18H2. The van der Waals surface area contributed by atoms with E-state index in [1.54, 1.807) is 6.20 Å². The van der Waals surface area contributed by atoms with Crippen LogP contribution in [-0.2, 0) is 0 Å². The molecule has 0 radical (unpaired) electrons. The van der Waals surface area contributed by atoms with Gasteiger partial charge < -0.3 is 10.5 Å². The average Bonchev–Trinajstić information content (AvgIpc) is 2.53. The number of ether oxygens (including phenoxy) is 1. The van der Waals surface area contributed by atoms with E-state index in [1.165, 1.54) is 32.1 Å². The van der Waals surface area contributed by atoms with Crippen LogP contribution in [0.15, 0.2) is 36.5 Å². The second-order valence-corrected chi connectivity index (χ2v) is 5.70. The number of nitrogens with zero attached hydrogens (tertiary/aromatic N) is 1. The van der Waals surface area contributed by atoms with Gasteiger partial charge >= 0.3 is 0 Å². The third-order valence-electron chi connectivity index (χ3n) is 4.28. The molecule has 0 spiro atoms. The van der Waals surface area contributed by atoms with Crippen LogP contribution in [0.2, 0.25) is 0 Å². The first kappa shape index (κ1) is 13.4. The molecule has 1 aliphatic rings. The van der Waals surface area contributed by atoms with Gasteiger partial charge in [-0.05, 0) is 30.9 Å². The molecule has 0 aliphatic heterocycles. The molecule has 20 heavy (non-hydrogen) atoms. The van der Waals surface area contributed by atoms with Crippen molar-refractivity contribution < 1.29 is 4.74 Å². The molecule has 3 heteroatoms. The summed E-state index contributed by atoms with van der Waals surface area (Å²) in [6, 6.07) is 10.2. The fraction of sp³-hybridized carbons (Fsp3) is 0.471. The van der Waals surface area contributed by atoms with E-state index in [9.17, 15) is 0 Å². The van der Waals surface area contributed by atoms with E-state index in [4.69, 9.17) is 10.5 Å². The summed E-state index contributed by atoms with van der Waals surface area (Å²) < 4.78 is 5.95. The molecule has 1 saturated carbocycles. The van der Waals surface area contributed by atoms with Crippen LogP contribution in [0.3, 0.4) is 0 Å². The SMILES string of the molecule is NC(COc1cccc2cccnc12)C1CCCCC1. The van der Waals surface area contributed by atoms with E-state index in [2.05, 4.69) is 17.1 Å². The average molecular weight is 270 g/mol. The Hall–Kier alpha value is -1.61. The molecular formula is C17H22N2O. The monoisotopic (exact) mass is 270 g/mol. The number of rotatable bonds is 4. The van der Waals surface area contributed by atoms with Gasteiger partial charge in [0, 0.05) is 17.6 Å². The fourth-order valence-corrected chi connectivity index (χ4v) is 3.08. The largest absolute Gasteiger partial charge is 0.490 e. The van der Waals surface area contributed by atoms with Gasteiger partial charge in [0.25, 0.3) is 0 Å². The minimum atomic E-state index is 0.134. The molecule has 1 heterocycles. The van der Waals surface area contributed by atoms with Crippen LogP contribution in [0.4, 0.5) is 0 Å². The zero-order valence-electron chi connectivity index (χ0n) is 11.8. The summed E-state index contributed by atoms with van der Waals surface area (Å²) >= 11 is 0. The summed E-state index contributed by atoms with van der Waals surface area (Å²) in [6.45, 7) is 0.584. The number of pyridine rings is 1. The van der Waals surface area contributed by atoms with Crippen molar-refractivity contribution in [2.45, 2.75) is 38.1 Å². The molecular weight excluding hydrogens is 248 g/mol. The first-order chi connectivity index (χ1) is 9.84. The summed E-state index contributed by atoms with van der Waals surface area (Å²) in [7, 11) is 0. The third-order valence-corrected chi connectivity index (χ3v) is 4.28. The lowest BCUT2D eigenvalue weighted by molar-refractivity contribution is 0.215. The van der Waals surface area contributed by atoms with Crippen LogP contribution in [0, 0.1) is 5.92 Å². The predicted molar refractivity (Wildman–Crippen MR) is 81.8 cm³/mol. The molecule has 1 fully saturated rings. The van der Waals surface area contributed by atoms with Gasteiger partial charge in [-0.1, -0.05) is 37.5 Å². The highest BCUT2D eigenvalue weighted by Crippen LogP contribution is 2.27. The Morgan fingerprint density at radius 2 is 1.95 bits per heavy atom. The Balaban J connectivity index is 1.67. The van der Waals surface area contributed by atoms with Crippen molar-refractivity contribution in [3.63, 3.8) is 0 Å². The summed E-state index contributed by atoms with van der Waals surface area (Å²) in [5, 5.41) is 1.11. The van der Waals surface area contributed by atoms with Crippen LogP contribution in [0.5, 0.6) is 5.75 Å². The Bertz CT molecular complexity index is 558. The van der Waals surface area contributed by atoms with Gasteiger partial charge in [-0.15, -0.1) is 0 Å². The van der Waals surface area contributed by atoms with Gasteiger partial charge in [0.2, 0.25) is 0 Å². The maximum Gasteiger partial charge on any atom is 0.145 e. The maximum atomic E-state index is 6.29. The van der Waals surface area contributed by atoms with E-state index < -0.39 is 0 Å². The molecule has 1 aromatic carbocycles. The minimum Gasteiger partial charge on any atom is -0.490 e. The van der Waals surface area contributed by atoms with Crippen LogP contribution in [-0.4, -0.2) is 17.6 Å². The van der Waals surface area contributed by atoms with Crippen LogP contribution < -0.4 is 10.5 Å². The molecule has 1 unspecified atom stereocenters. The summed E-state index contributed by atoms with van der Waals surface area (Å²) in [5.74, 6) is 1.46. The zero-order valence-corrected chi connectivity index (χ0v) is 11.8. The minimum absolute atomic E-state index is 0.134. The number of hydrogen-bond acceptors (Lipinski definition) is 3. The number of para-hydroxylation sites is 1. The van der Waals surface area contributed by atoms with E-state index in [1.807, 2.05) is 18.2 Å². The maximum absolute atomic E-state index is 6.29. The van der Waals surface area contributed by atoms with Crippen molar-refractivity contribution in [2.75, 3.05) is 6.61 Å². The van der Waals surface area contributed by atoms with E-state index in [0.717, 1.165) is 16.7 Å². The molecule has 2 N–H and O–H groups in total. The van der Waals surface area contributed by atoms with Crippen molar-refractivity contribution in [1.29, 1.82) is 0 Å². The summed E-state index contributed by atoms with van der Waals surface area (Å²) in [6.07, 6.45) is 8.28. The molecule has 1 atom stereocenters. The number of nitrogens with two attached hydrogens (primary N) is 1. The highest BCUT2D eigenvalue weighted by molar-refractivity contribution is 5.84. The molecule has 1 aromatic heterocycles. The van der Waals surface area contributed by atoms with E-state index in [-0.39, 0.29) is 6.04 Å². The molecule has 0 amide bonds. The molecule has 0 saturated heterocycles. The number of fused-ring (bicyclic) bond motifs is 1. The first-order valence-electron chi connectivity index (χ1n) is 7.57. The molecule has 3 nitrogen and oxygen atoms in total. The second kappa shape index (κ2) is 6.23. The lowest BCUT2D eigenvalue weighted by atomic mass is 9.84. The Morgan fingerprint density at radius 1 is 1.15 bits per heavy atom. The molecule has 2 aromatic rings. The first-order valence-corrected chi connectivity index (χ1v) is 7.57. The van der Waals surface area contributed by atoms with Crippen molar-refractivity contribution in [3.05, 3.63) is 36.5 Å². The molecule has 1 aliphatic carbocycles. The fourth-order valence-electron chi connectivity index (χ4n) is 3.08. The predicted octanol–water partition coefficient (Wildman–Crippen LogP) is 3.52. The van der Waals surface area contributed by atoms with Gasteiger partial charge in [-0.2, -0.15) is 0 Å². The molecule has 0 bridgehead atoms. The van der Waals surface area contributed by atoms with Crippen LogP contribution in [0.25, 0.3) is 10.9 Å². The van der Waals surface area contributed by atoms with Gasteiger partial charge in [0.15, 0.2) is 0 Å². The summed E-state index contributed by atoms with van der Waals surface area (Å²) in [4.78, 5) is 4.41. The van der Waals surface area contributed by atoms with Crippen molar-refractivity contribution in [2.24, 2.45) is 11.7 Å². The lowest BCUT2D eigenvalue weighted by Gasteiger charge is -2.27. The third kappa shape index (κ3) is 2.93. The van der Waals surface area contributed by atoms with Crippen molar-refractivity contribution >= 4 is 10.9 Å². The van der Waals surface area contributed by atoms with E-state index in [0.29, 0.717) is 12.5 Å². The lowest BCUT2D eigenvalue weighted by Crippen LogP contribution is -2.37. The highest BCUT2D eigenvalue weighted by Gasteiger charge is 2.21. The van der Waals surface area contributed by atoms with E-state index >= 15 is 0 Å². The topological polar surface area (TPSA) is 48.1 Å². The van der Waals surface area contributed by atoms with Gasteiger partial charge in [0.05, 0.1) is 0 Å².